The lowest BCUT2D eigenvalue weighted by atomic mass is 9.83. The van der Waals surface area contributed by atoms with Crippen molar-refractivity contribution < 1.29 is 27.5 Å². The van der Waals surface area contributed by atoms with Gasteiger partial charge in [0.1, 0.15) is 5.75 Å². The smallest absolute Gasteiger partial charge is 0.420 e. The van der Waals surface area contributed by atoms with Crippen LogP contribution in [0.1, 0.15) is 47.1 Å². The number of Topliss-reactive ketones (excluding diaryl/α,β-unsaturated/α-hetero) is 1. The van der Waals surface area contributed by atoms with Crippen molar-refractivity contribution in [1.82, 2.24) is 5.32 Å². The Morgan fingerprint density at radius 2 is 1.50 bits per heavy atom. The van der Waals surface area contributed by atoms with E-state index in [1.807, 2.05) is 53.7 Å². The first-order valence-corrected chi connectivity index (χ1v) is 9.70. The number of rotatable bonds is 5. The molecule has 2 aromatic rings. The molecule has 0 radical (unpaired) electrons. The highest BCUT2D eigenvalue weighted by atomic mass is 19.4. The van der Waals surface area contributed by atoms with Crippen molar-refractivity contribution in [1.29, 1.82) is 0 Å². The number of nitrogens with one attached hydrogen (secondary N) is 1. The lowest BCUT2D eigenvalue weighted by Crippen LogP contribution is -2.51. The number of ether oxygens (including phenoxy) is 1. The highest BCUT2D eigenvalue weighted by molar-refractivity contribution is 5.90. The summed E-state index contributed by atoms with van der Waals surface area (Å²) in [6, 6.07) is 9.37. The third-order valence-corrected chi connectivity index (χ3v) is 4.42. The minimum Gasteiger partial charge on any atom is -0.420 e. The van der Waals surface area contributed by atoms with E-state index in [4.69, 9.17) is 0 Å². The molecule has 0 aliphatic heterocycles. The number of alkyl halides is 3. The summed E-state index contributed by atoms with van der Waals surface area (Å²) in [6.07, 6.45) is -4.57. The van der Waals surface area contributed by atoms with E-state index >= 15 is 0 Å². The van der Waals surface area contributed by atoms with Crippen molar-refractivity contribution in [2.75, 3.05) is 0 Å². The van der Waals surface area contributed by atoms with Crippen LogP contribution in [0, 0.1) is 5.41 Å². The maximum Gasteiger partial charge on any atom is 0.491 e. The molecule has 0 bridgehead atoms. The molecule has 0 aliphatic rings. The molecule has 0 heterocycles. The average Bonchev–Trinajstić information content (AvgIpc) is 2.57. The van der Waals surface area contributed by atoms with Crippen LogP contribution in [-0.2, 0) is 16.0 Å². The van der Waals surface area contributed by atoms with Crippen molar-refractivity contribution in [3.8, 4) is 5.75 Å². The molecule has 30 heavy (non-hydrogen) atoms. The van der Waals surface area contributed by atoms with Gasteiger partial charge in [-0.25, -0.2) is 4.79 Å². The predicted molar refractivity (Wildman–Crippen MR) is 110 cm³/mol. The minimum absolute atomic E-state index is 0.104. The second kappa shape index (κ2) is 8.38. The molecule has 0 saturated carbocycles. The number of ketones is 1. The Morgan fingerprint density at radius 3 is 2.03 bits per heavy atom. The van der Waals surface area contributed by atoms with E-state index in [1.165, 1.54) is 12.1 Å². The van der Waals surface area contributed by atoms with Gasteiger partial charge in [-0.15, -0.1) is 0 Å². The van der Waals surface area contributed by atoms with Crippen molar-refractivity contribution >= 4 is 22.5 Å². The van der Waals surface area contributed by atoms with E-state index in [1.54, 1.807) is 12.1 Å². The Hall–Kier alpha value is -2.41. The molecule has 0 aliphatic carbocycles. The van der Waals surface area contributed by atoms with Gasteiger partial charge in [-0.3, -0.25) is 4.79 Å². The fraction of sp³-hybridized carbons (Fsp3) is 0.478. The van der Waals surface area contributed by atoms with Crippen LogP contribution in [0.5, 0.6) is 5.75 Å². The number of esters is 1. The van der Waals surface area contributed by atoms with Gasteiger partial charge < -0.3 is 10.1 Å². The van der Waals surface area contributed by atoms with Crippen molar-refractivity contribution in [2.45, 2.75) is 65.7 Å². The zero-order valence-electron chi connectivity index (χ0n) is 18.1. The number of benzene rings is 2. The monoisotopic (exact) mass is 423 g/mol. The summed E-state index contributed by atoms with van der Waals surface area (Å²) in [5.74, 6) is -2.32. The van der Waals surface area contributed by atoms with Crippen molar-refractivity contribution in [3.05, 3.63) is 42.0 Å². The Labute approximate surface area is 174 Å². The molecule has 7 heteroatoms. The average molecular weight is 423 g/mol. The number of carbonyl (C=O) groups excluding carboxylic acids is 2. The van der Waals surface area contributed by atoms with E-state index in [2.05, 4.69) is 10.1 Å². The Kier molecular flexibility index (Phi) is 6.66. The Balaban J connectivity index is 2.27. The van der Waals surface area contributed by atoms with Crippen LogP contribution in [-0.4, -0.2) is 29.5 Å². The number of hydrogen-bond acceptors (Lipinski definition) is 4. The largest absolute Gasteiger partial charge is 0.491 e. The summed E-state index contributed by atoms with van der Waals surface area (Å²) < 4.78 is 41.5. The summed E-state index contributed by atoms with van der Waals surface area (Å²) in [7, 11) is 0. The summed E-state index contributed by atoms with van der Waals surface area (Å²) in [6.45, 7) is 11.7. The molecule has 2 rings (SSSR count). The zero-order chi connectivity index (χ0) is 22.9. The first kappa shape index (κ1) is 23.9. The van der Waals surface area contributed by atoms with E-state index in [0.717, 1.165) is 10.9 Å². The summed E-state index contributed by atoms with van der Waals surface area (Å²) in [5, 5.41) is 4.80. The van der Waals surface area contributed by atoms with Crippen LogP contribution in [0.25, 0.3) is 10.8 Å². The van der Waals surface area contributed by atoms with Gasteiger partial charge in [-0.2, -0.15) is 13.2 Å². The quantitative estimate of drug-likeness (QED) is 0.529. The lowest BCUT2D eigenvalue weighted by molar-refractivity contribution is -0.189. The summed E-state index contributed by atoms with van der Waals surface area (Å²) in [4.78, 5) is 24.0. The van der Waals surface area contributed by atoms with Crippen LogP contribution in [0.15, 0.2) is 36.4 Å². The van der Waals surface area contributed by atoms with E-state index < -0.39 is 17.6 Å². The third kappa shape index (κ3) is 6.55. The number of carbonyl (C=O) groups is 2. The second-order valence-electron chi connectivity index (χ2n) is 9.50. The minimum atomic E-state index is -5.05. The molecular formula is C23H28F3NO3. The fourth-order valence-corrected chi connectivity index (χ4v) is 3.12. The van der Waals surface area contributed by atoms with Gasteiger partial charge >= 0.3 is 12.1 Å². The predicted octanol–water partition coefficient (Wildman–Crippen LogP) is 5.22. The van der Waals surface area contributed by atoms with Crippen LogP contribution < -0.4 is 10.1 Å². The number of fused-ring (bicyclic) bond motifs is 1. The zero-order valence-corrected chi connectivity index (χ0v) is 18.1. The fourth-order valence-electron chi connectivity index (χ4n) is 3.12. The van der Waals surface area contributed by atoms with E-state index in [9.17, 15) is 22.8 Å². The SMILES string of the molecule is CC(C)(C)NC(Cc1ccc2cc(OC(=O)C(F)(F)F)ccc2c1)C(=O)C(C)(C)C. The summed E-state index contributed by atoms with van der Waals surface area (Å²) in [5.41, 5.74) is 0.165. The summed E-state index contributed by atoms with van der Waals surface area (Å²) >= 11 is 0. The van der Waals surface area contributed by atoms with Gasteiger partial charge in [0.05, 0.1) is 6.04 Å². The van der Waals surface area contributed by atoms with Crippen LogP contribution in [0.2, 0.25) is 0 Å². The lowest BCUT2D eigenvalue weighted by Gasteiger charge is -2.32. The number of hydrogen-bond donors (Lipinski definition) is 1. The highest BCUT2D eigenvalue weighted by Crippen LogP contribution is 2.26. The molecule has 1 atom stereocenters. The van der Waals surface area contributed by atoms with Gasteiger partial charge in [-0.05, 0) is 55.7 Å². The third-order valence-electron chi connectivity index (χ3n) is 4.42. The Morgan fingerprint density at radius 1 is 0.933 bits per heavy atom. The van der Waals surface area contributed by atoms with Gasteiger partial charge in [-0.1, -0.05) is 45.0 Å². The Bertz CT molecular complexity index is 937. The molecule has 0 spiro atoms. The first-order chi connectivity index (χ1) is 13.6. The molecule has 2 aromatic carbocycles. The molecular weight excluding hydrogens is 395 g/mol. The van der Waals surface area contributed by atoms with Crippen molar-refractivity contribution in [3.63, 3.8) is 0 Å². The maximum atomic E-state index is 12.9. The first-order valence-electron chi connectivity index (χ1n) is 9.70. The topological polar surface area (TPSA) is 55.4 Å². The van der Waals surface area contributed by atoms with Crippen LogP contribution >= 0.6 is 0 Å². The highest BCUT2D eigenvalue weighted by Gasteiger charge is 2.41. The van der Waals surface area contributed by atoms with E-state index in [-0.39, 0.29) is 23.1 Å². The molecule has 0 saturated heterocycles. The van der Waals surface area contributed by atoms with Gasteiger partial charge in [0.25, 0.3) is 0 Å². The standard InChI is InChI=1S/C23H28F3NO3/c1-21(2,3)19(28)18(27-22(4,5)6)12-14-7-8-16-13-17(10-9-15(16)11-14)30-20(29)23(24,25)26/h7-11,13,18,27H,12H2,1-6H3. The maximum absolute atomic E-state index is 12.9. The molecule has 1 unspecified atom stereocenters. The van der Waals surface area contributed by atoms with Crippen LogP contribution in [0.4, 0.5) is 13.2 Å². The molecule has 164 valence electrons. The van der Waals surface area contributed by atoms with Crippen LogP contribution in [0.3, 0.4) is 0 Å². The second-order valence-corrected chi connectivity index (χ2v) is 9.50. The molecule has 1 N–H and O–H groups in total. The normalized spacial score (nSPS) is 13.9. The molecule has 0 aromatic heterocycles. The molecule has 4 nitrogen and oxygen atoms in total. The number of halogens is 3. The molecule has 0 fully saturated rings. The van der Waals surface area contributed by atoms with Gasteiger partial charge in [0, 0.05) is 11.0 Å². The van der Waals surface area contributed by atoms with Gasteiger partial charge in [0.15, 0.2) is 5.78 Å². The van der Waals surface area contributed by atoms with Gasteiger partial charge in [0.2, 0.25) is 0 Å². The van der Waals surface area contributed by atoms with E-state index in [0.29, 0.717) is 11.8 Å². The van der Waals surface area contributed by atoms with Crippen molar-refractivity contribution in [2.24, 2.45) is 5.41 Å². The molecule has 0 amide bonds.